The quantitative estimate of drug-likeness (QED) is 0.293. The van der Waals surface area contributed by atoms with Crippen molar-refractivity contribution in [3.63, 3.8) is 0 Å². The van der Waals surface area contributed by atoms with E-state index < -0.39 is 84.7 Å². The van der Waals surface area contributed by atoms with Crippen LogP contribution in [0.1, 0.15) is 18.9 Å². The van der Waals surface area contributed by atoms with Gasteiger partial charge in [-0.3, -0.25) is 4.79 Å². The molecular weight excluding hydrogens is 456 g/mol. The van der Waals surface area contributed by atoms with Gasteiger partial charge in [-0.1, -0.05) is 12.1 Å². The van der Waals surface area contributed by atoms with Gasteiger partial charge >= 0.3 is 0 Å². The van der Waals surface area contributed by atoms with E-state index in [1.165, 1.54) is 12.1 Å². The molecule has 1 amide bonds. The number of ether oxygens (including phenoxy) is 3. The second-order valence-corrected chi connectivity index (χ2v) is 9.07. The maximum absolute atomic E-state index is 14.0. The van der Waals surface area contributed by atoms with Gasteiger partial charge in [0, 0.05) is 5.56 Å². The van der Waals surface area contributed by atoms with Gasteiger partial charge in [-0.25, -0.2) is 8.78 Å². The Labute approximate surface area is 195 Å². The highest BCUT2D eigenvalue weighted by Gasteiger charge is 2.63. The molecule has 0 radical (unpaired) electrons. The lowest BCUT2D eigenvalue weighted by atomic mass is 9.79. The van der Waals surface area contributed by atoms with E-state index >= 15 is 0 Å². The Morgan fingerprint density at radius 2 is 1.82 bits per heavy atom. The van der Waals surface area contributed by atoms with Crippen molar-refractivity contribution in [2.24, 2.45) is 0 Å². The normalized spacial score (nSPS) is 41.9. The lowest BCUT2D eigenvalue weighted by Crippen LogP contribution is -2.79. The largest absolute Gasteiger partial charge is 0.390 e. The zero-order valence-corrected chi connectivity index (χ0v) is 19.1. The Bertz CT molecular complexity index is 911. The van der Waals surface area contributed by atoms with Crippen LogP contribution >= 0.6 is 0 Å². The van der Waals surface area contributed by atoms with Crippen LogP contribution in [0.15, 0.2) is 18.2 Å². The van der Waals surface area contributed by atoms with Crippen molar-refractivity contribution in [2.75, 3.05) is 14.1 Å². The van der Waals surface area contributed by atoms with Crippen molar-refractivity contribution in [2.45, 2.75) is 80.5 Å². The number of aliphatic hydroxyl groups excluding tert-OH is 2. The number of carbonyl (C=O) groups is 1. The van der Waals surface area contributed by atoms with Crippen molar-refractivity contribution in [3.8, 4) is 0 Å². The Morgan fingerprint density at radius 1 is 1.12 bits per heavy atom. The van der Waals surface area contributed by atoms with E-state index in [1.807, 2.05) is 0 Å². The molecule has 10 unspecified atom stereocenters. The van der Waals surface area contributed by atoms with Crippen LogP contribution in [-0.2, 0) is 25.4 Å². The molecule has 3 aliphatic rings. The zero-order valence-electron chi connectivity index (χ0n) is 19.1. The SMILES string of the molecule is CNC1C(O)C(NC)C2OC3(O)C(NC(=O)Cc4cccc(F)c4F)CC(C)OC3OC2C1O. The van der Waals surface area contributed by atoms with Crippen molar-refractivity contribution in [1.29, 1.82) is 0 Å². The van der Waals surface area contributed by atoms with E-state index in [4.69, 9.17) is 14.2 Å². The van der Waals surface area contributed by atoms with Gasteiger partial charge in [0.1, 0.15) is 18.3 Å². The molecule has 10 nitrogen and oxygen atoms in total. The van der Waals surface area contributed by atoms with Crippen LogP contribution in [0.2, 0.25) is 0 Å². The van der Waals surface area contributed by atoms with Gasteiger partial charge in [-0.05, 0) is 33.5 Å². The van der Waals surface area contributed by atoms with E-state index in [0.29, 0.717) is 0 Å². The fourth-order valence-electron chi connectivity index (χ4n) is 5.12. The molecule has 4 rings (SSSR count). The molecular formula is C22H31F2N3O7. The number of carbonyl (C=O) groups excluding carboxylic acids is 1. The lowest BCUT2D eigenvalue weighted by Gasteiger charge is -2.58. The molecule has 190 valence electrons. The molecule has 0 bridgehead atoms. The number of hydrogen-bond donors (Lipinski definition) is 6. The first kappa shape index (κ1) is 25.3. The average Bonchev–Trinajstić information content (AvgIpc) is 2.78. The molecule has 0 aromatic heterocycles. The number of fused-ring (bicyclic) bond motifs is 2. The summed E-state index contributed by atoms with van der Waals surface area (Å²) in [6, 6.07) is 1.07. The fourth-order valence-corrected chi connectivity index (χ4v) is 5.12. The second kappa shape index (κ2) is 9.70. The van der Waals surface area contributed by atoms with Crippen LogP contribution in [0, 0.1) is 11.6 Å². The molecule has 1 aromatic rings. The van der Waals surface area contributed by atoms with Crippen molar-refractivity contribution in [1.82, 2.24) is 16.0 Å². The highest BCUT2D eigenvalue weighted by atomic mass is 19.2. The molecule has 2 heterocycles. The van der Waals surface area contributed by atoms with Crippen LogP contribution < -0.4 is 16.0 Å². The van der Waals surface area contributed by atoms with E-state index in [2.05, 4.69) is 16.0 Å². The Balaban J connectivity index is 1.56. The Morgan fingerprint density at radius 3 is 2.50 bits per heavy atom. The lowest BCUT2D eigenvalue weighted by molar-refractivity contribution is -0.449. The maximum Gasteiger partial charge on any atom is 0.239 e. The van der Waals surface area contributed by atoms with Gasteiger partial charge in [0.15, 0.2) is 11.6 Å². The summed E-state index contributed by atoms with van der Waals surface area (Å²) in [6.45, 7) is 1.72. The van der Waals surface area contributed by atoms with Gasteiger partial charge in [-0.2, -0.15) is 0 Å². The molecule has 1 aliphatic carbocycles. The van der Waals surface area contributed by atoms with Gasteiger partial charge in [0.25, 0.3) is 0 Å². The molecule has 1 saturated carbocycles. The summed E-state index contributed by atoms with van der Waals surface area (Å²) in [5.41, 5.74) is -0.131. The molecule has 2 saturated heterocycles. The molecule has 12 heteroatoms. The topological polar surface area (TPSA) is 142 Å². The summed E-state index contributed by atoms with van der Waals surface area (Å²) in [5.74, 6) is -5.00. The third-order valence-electron chi connectivity index (χ3n) is 6.87. The third-order valence-corrected chi connectivity index (χ3v) is 6.87. The highest BCUT2D eigenvalue weighted by molar-refractivity contribution is 5.79. The van der Waals surface area contributed by atoms with E-state index in [0.717, 1.165) is 6.07 Å². The maximum atomic E-state index is 14.0. The summed E-state index contributed by atoms with van der Waals surface area (Å²) in [6.07, 6.45) is -6.33. The number of likely N-dealkylation sites (N-methyl/N-ethyl adjacent to an activating group) is 2. The summed E-state index contributed by atoms with van der Waals surface area (Å²) < 4.78 is 45.3. The molecule has 6 N–H and O–H groups in total. The minimum absolute atomic E-state index is 0.131. The van der Waals surface area contributed by atoms with Crippen molar-refractivity contribution < 1.29 is 43.1 Å². The van der Waals surface area contributed by atoms with Crippen LogP contribution in [0.5, 0.6) is 0 Å². The van der Waals surface area contributed by atoms with Crippen molar-refractivity contribution in [3.05, 3.63) is 35.4 Å². The third kappa shape index (κ3) is 4.33. The smallest absolute Gasteiger partial charge is 0.239 e. The Hall–Kier alpha value is -1.77. The highest BCUT2D eigenvalue weighted by Crippen LogP contribution is 2.42. The van der Waals surface area contributed by atoms with Crippen molar-refractivity contribution >= 4 is 5.91 Å². The van der Waals surface area contributed by atoms with Gasteiger partial charge in [0.05, 0.1) is 36.8 Å². The molecule has 0 spiro atoms. The van der Waals surface area contributed by atoms with Crippen LogP contribution in [0.4, 0.5) is 8.78 Å². The average molecular weight is 488 g/mol. The molecule has 34 heavy (non-hydrogen) atoms. The van der Waals surface area contributed by atoms with E-state index in [-0.39, 0.29) is 12.0 Å². The minimum atomic E-state index is -2.16. The predicted octanol–water partition coefficient (Wildman–Crippen LogP) is -1.49. The zero-order chi connectivity index (χ0) is 24.8. The minimum Gasteiger partial charge on any atom is -0.390 e. The van der Waals surface area contributed by atoms with Crippen LogP contribution in [-0.4, -0.2) is 96.0 Å². The first-order valence-corrected chi connectivity index (χ1v) is 11.2. The number of nitrogens with one attached hydrogen (secondary N) is 3. The summed E-state index contributed by atoms with van der Waals surface area (Å²) in [5, 5.41) is 41.4. The molecule has 1 aromatic carbocycles. The van der Waals surface area contributed by atoms with Gasteiger partial charge in [0.2, 0.25) is 18.0 Å². The predicted molar refractivity (Wildman–Crippen MR) is 113 cm³/mol. The summed E-state index contributed by atoms with van der Waals surface area (Å²) >= 11 is 0. The number of benzene rings is 1. The molecule has 10 atom stereocenters. The second-order valence-electron chi connectivity index (χ2n) is 9.07. The number of aliphatic hydroxyl groups is 3. The molecule has 3 fully saturated rings. The number of rotatable bonds is 5. The number of hydrogen-bond acceptors (Lipinski definition) is 9. The van der Waals surface area contributed by atoms with Gasteiger partial charge in [-0.15, -0.1) is 0 Å². The van der Waals surface area contributed by atoms with Crippen LogP contribution in [0.3, 0.4) is 0 Å². The first-order valence-electron chi connectivity index (χ1n) is 11.2. The summed E-state index contributed by atoms with van der Waals surface area (Å²) in [7, 11) is 3.19. The van der Waals surface area contributed by atoms with Crippen LogP contribution in [0.25, 0.3) is 0 Å². The fraction of sp³-hybridized carbons (Fsp3) is 0.682. The van der Waals surface area contributed by atoms with Gasteiger partial charge < -0.3 is 45.5 Å². The molecule has 2 aliphatic heterocycles. The standard InChI is InChI=1S/C22H31F2N3O7/c1-9-7-12(27-13(28)8-10-5-4-6-11(23)14(10)24)22(31)21(32-9)33-20-18(30)15(25-2)17(29)16(26-3)19(20)34-22/h4-6,9,12,15-21,25-26,29-31H,7-8H2,1-3H3,(H,27,28). The van der Waals surface area contributed by atoms with E-state index in [1.54, 1.807) is 21.0 Å². The Kier molecular flexibility index (Phi) is 7.23. The first-order chi connectivity index (χ1) is 16.1. The monoisotopic (exact) mass is 487 g/mol. The van der Waals surface area contributed by atoms with E-state index in [9.17, 15) is 28.9 Å². The number of amides is 1. The summed E-state index contributed by atoms with van der Waals surface area (Å²) in [4.78, 5) is 12.7. The number of halogens is 2.